The molecule has 31 heavy (non-hydrogen) atoms. The second kappa shape index (κ2) is 9.05. The van der Waals surface area contributed by atoms with Gasteiger partial charge in [-0.3, -0.25) is 4.90 Å². The number of rotatable bonds is 4. The van der Waals surface area contributed by atoms with E-state index in [4.69, 9.17) is 16.7 Å². The third kappa shape index (κ3) is 4.11. The van der Waals surface area contributed by atoms with Crippen molar-refractivity contribution in [1.82, 2.24) is 14.7 Å². The largest absolute Gasteiger partial charge is 0.370 e. The summed E-state index contributed by atoms with van der Waals surface area (Å²) in [7, 11) is 0. The Morgan fingerprint density at radius 3 is 2.77 bits per heavy atom. The summed E-state index contributed by atoms with van der Waals surface area (Å²) >= 11 is 6.48. The first-order valence-corrected chi connectivity index (χ1v) is 12.0. The third-order valence-corrected chi connectivity index (χ3v) is 7.20. The van der Waals surface area contributed by atoms with E-state index in [1.807, 2.05) is 12.1 Å². The fourth-order valence-corrected chi connectivity index (χ4v) is 5.27. The molecule has 2 aliphatic rings. The summed E-state index contributed by atoms with van der Waals surface area (Å²) in [6.07, 6.45) is 7.19. The Balaban J connectivity index is 1.57. The van der Waals surface area contributed by atoms with Gasteiger partial charge < -0.3 is 5.32 Å². The second-order valence-electron chi connectivity index (χ2n) is 8.86. The fraction of sp³-hybridized carbons (Fsp3) is 0.423. The monoisotopic (exact) mass is 434 g/mol. The Morgan fingerprint density at radius 1 is 1.03 bits per heavy atom. The zero-order chi connectivity index (χ0) is 21.2. The number of aromatic nitrogens is 2. The van der Waals surface area contributed by atoms with E-state index in [0.29, 0.717) is 6.04 Å². The quantitative estimate of drug-likeness (QED) is 0.522. The molecule has 1 saturated heterocycles. The lowest BCUT2D eigenvalue weighted by atomic mass is 9.94. The van der Waals surface area contributed by atoms with E-state index in [1.54, 1.807) is 0 Å². The molecular weight excluding hydrogens is 404 g/mol. The van der Waals surface area contributed by atoms with Crippen LogP contribution in [-0.4, -0.2) is 27.8 Å². The third-order valence-electron chi connectivity index (χ3n) is 6.79. The van der Waals surface area contributed by atoms with E-state index in [0.717, 1.165) is 42.3 Å². The van der Waals surface area contributed by atoms with Gasteiger partial charge in [0.15, 0.2) is 0 Å². The van der Waals surface area contributed by atoms with Crippen molar-refractivity contribution in [2.45, 2.75) is 58.0 Å². The summed E-state index contributed by atoms with van der Waals surface area (Å²) in [4.78, 5) is 2.64. The molecule has 1 aromatic heterocycles. The molecule has 5 heteroatoms. The van der Waals surface area contributed by atoms with E-state index >= 15 is 0 Å². The minimum atomic E-state index is 0.364. The summed E-state index contributed by atoms with van der Waals surface area (Å²) in [5, 5.41) is 9.77. The molecular formula is C26H31ClN4. The number of nitrogens with zero attached hydrogens (tertiary/aromatic N) is 3. The van der Waals surface area contributed by atoms with Crippen molar-refractivity contribution < 1.29 is 0 Å². The zero-order valence-corrected chi connectivity index (χ0v) is 19.0. The van der Waals surface area contributed by atoms with Crippen LogP contribution < -0.4 is 5.32 Å². The molecule has 1 N–H and O–H groups in total. The molecule has 0 saturated carbocycles. The van der Waals surface area contributed by atoms with E-state index in [1.165, 1.54) is 54.7 Å². The summed E-state index contributed by atoms with van der Waals surface area (Å²) in [6, 6.07) is 17.3. The average Bonchev–Trinajstić information content (AvgIpc) is 2.97. The van der Waals surface area contributed by atoms with Crippen molar-refractivity contribution in [3.8, 4) is 5.69 Å². The molecule has 0 radical (unpaired) electrons. The SMILES string of the molecule is Cc1c(Cl)cccc1-n1nc(C2CCCCN2Cc2ccccc2)c2c1NCCCC2. The van der Waals surface area contributed by atoms with Gasteiger partial charge in [-0.25, -0.2) is 4.68 Å². The molecule has 1 fully saturated rings. The second-order valence-corrected chi connectivity index (χ2v) is 9.27. The van der Waals surface area contributed by atoms with Gasteiger partial charge in [-0.2, -0.15) is 5.10 Å². The van der Waals surface area contributed by atoms with Crippen LogP contribution >= 0.6 is 11.6 Å². The van der Waals surface area contributed by atoms with Gasteiger partial charge in [-0.1, -0.05) is 54.4 Å². The van der Waals surface area contributed by atoms with Crippen molar-refractivity contribution >= 4 is 17.4 Å². The number of likely N-dealkylation sites (tertiary alicyclic amines) is 1. The van der Waals surface area contributed by atoms with Crippen LogP contribution in [0.5, 0.6) is 0 Å². The van der Waals surface area contributed by atoms with E-state index < -0.39 is 0 Å². The van der Waals surface area contributed by atoms with Crippen LogP contribution in [0.4, 0.5) is 5.82 Å². The van der Waals surface area contributed by atoms with Crippen molar-refractivity contribution in [1.29, 1.82) is 0 Å². The zero-order valence-electron chi connectivity index (χ0n) is 18.3. The molecule has 0 amide bonds. The minimum Gasteiger partial charge on any atom is -0.370 e. The molecule has 4 nitrogen and oxygen atoms in total. The highest BCUT2D eigenvalue weighted by atomic mass is 35.5. The van der Waals surface area contributed by atoms with Crippen LogP contribution in [0.1, 0.15) is 60.5 Å². The van der Waals surface area contributed by atoms with Gasteiger partial charge in [0.25, 0.3) is 0 Å². The molecule has 0 bridgehead atoms. The maximum atomic E-state index is 6.48. The first-order chi connectivity index (χ1) is 15.2. The predicted molar refractivity (Wildman–Crippen MR) is 128 cm³/mol. The number of fused-ring (bicyclic) bond motifs is 1. The lowest BCUT2D eigenvalue weighted by Gasteiger charge is -2.35. The van der Waals surface area contributed by atoms with Crippen LogP contribution in [0.3, 0.4) is 0 Å². The van der Waals surface area contributed by atoms with E-state index in [9.17, 15) is 0 Å². The summed E-state index contributed by atoms with van der Waals surface area (Å²) < 4.78 is 2.13. The number of halogens is 1. The van der Waals surface area contributed by atoms with E-state index in [-0.39, 0.29) is 0 Å². The molecule has 3 aromatic rings. The van der Waals surface area contributed by atoms with Gasteiger partial charge in [-0.15, -0.1) is 0 Å². The molecule has 3 heterocycles. The summed E-state index contributed by atoms with van der Waals surface area (Å²) in [5.74, 6) is 1.17. The number of hydrogen-bond donors (Lipinski definition) is 1. The number of piperidine rings is 1. The predicted octanol–water partition coefficient (Wildman–Crippen LogP) is 6.31. The van der Waals surface area contributed by atoms with Crippen LogP contribution in [0.2, 0.25) is 5.02 Å². The molecule has 1 atom stereocenters. The van der Waals surface area contributed by atoms with Crippen LogP contribution in [-0.2, 0) is 13.0 Å². The highest BCUT2D eigenvalue weighted by Crippen LogP contribution is 2.39. The lowest BCUT2D eigenvalue weighted by Crippen LogP contribution is -2.33. The van der Waals surface area contributed by atoms with Gasteiger partial charge in [0.2, 0.25) is 0 Å². The Morgan fingerprint density at radius 2 is 1.90 bits per heavy atom. The number of nitrogens with one attached hydrogen (secondary N) is 1. The Kier molecular flexibility index (Phi) is 6.02. The maximum Gasteiger partial charge on any atom is 0.133 e. The Hall–Kier alpha value is -2.30. The van der Waals surface area contributed by atoms with Crippen LogP contribution in [0, 0.1) is 6.92 Å². The Labute approximate surface area is 190 Å². The van der Waals surface area contributed by atoms with Gasteiger partial charge in [0.05, 0.1) is 17.4 Å². The van der Waals surface area contributed by atoms with Gasteiger partial charge in [-0.05, 0) is 68.8 Å². The van der Waals surface area contributed by atoms with Crippen molar-refractivity contribution in [3.63, 3.8) is 0 Å². The molecule has 5 rings (SSSR count). The normalized spacial score (nSPS) is 19.5. The molecule has 2 aromatic carbocycles. The summed E-state index contributed by atoms with van der Waals surface area (Å²) in [6.45, 7) is 5.20. The number of hydrogen-bond acceptors (Lipinski definition) is 3. The fourth-order valence-electron chi connectivity index (χ4n) is 5.10. The highest BCUT2D eigenvalue weighted by Gasteiger charge is 2.32. The van der Waals surface area contributed by atoms with Crippen molar-refractivity contribution in [2.75, 3.05) is 18.4 Å². The van der Waals surface area contributed by atoms with Gasteiger partial charge in [0, 0.05) is 23.7 Å². The van der Waals surface area contributed by atoms with Crippen LogP contribution in [0.25, 0.3) is 5.69 Å². The Bertz CT molecular complexity index is 1040. The first-order valence-electron chi connectivity index (χ1n) is 11.6. The molecule has 1 unspecified atom stereocenters. The molecule has 0 spiro atoms. The van der Waals surface area contributed by atoms with Gasteiger partial charge >= 0.3 is 0 Å². The van der Waals surface area contributed by atoms with Crippen LogP contribution in [0.15, 0.2) is 48.5 Å². The maximum absolute atomic E-state index is 6.48. The lowest BCUT2D eigenvalue weighted by molar-refractivity contribution is 0.136. The number of anilines is 1. The highest BCUT2D eigenvalue weighted by molar-refractivity contribution is 6.31. The smallest absolute Gasteiger partial charge is 0.133 e. The average molecular weight is 435 g/mol. The standard InChI is InChI=1S/C26H31ClN4/c1-19-22(27)13-9-15-23(19)31-26-21(12-5-7-16-28-26)25(29-31)24-14-6-8-17-30(24)18-20-10-3-2-4-11-20/h2-4,9-11,13,15,24,28H,5-8,12,14,16-18H2,1H3. The van der Waals surface area contributed by atoms with E-state index in [2.05, 4.69) is 58.2 Å². The minimum absolute atomic E-state index is 0.364. The number of benzene rings is 2. The van der Waals surface area contributed by atoms with Crippen molar-refractivity contribution in [3.05, 3.63) is 75.9 Å². The molecule has 0 aliphatic carbocycles. The molecule has 2 aliphatic heterocycles. The topological polar surface area (TPSA) is 33.1 Å². The first kappa shape index (κ1) is 20.6. The summed E-state index contributed by atoms with van der Waals surface area (Å²) in [5.41, 5.74) is 6.21. The van der Waals surface area contributed by atoms with Crippen molar-refractivity contribution in [2.24, 2.45) is 0 Å². The molecule has 162 valence electrons. The van der Waals surface area contributed by atoms with Gasteiger partial charge in [0.1, 0.15) is 5.82 Å².